The molecule has 0 aliphatic rings. The van der Waals surface area contributed by atoms with Crippen LogP contribution in [0.2, 0.25) is 0 Å². The highest BCUT2D eigenvalue weighted by atomic mass is 79.9. The molecular weight excluding hydrogens is 252 g/mol. The first-order valence-corrected chi connectivity index (χ1v) is 5.93. The number of hydrogen-bond acceptors (Lipinski definition) is 1. The van der Waals surface area contributed by atoms with Gasteiger partial charge in [-0.1, -0.05) is 48.8 Å². The molecule has 1 unspecified atom stereocenters. The molecule has 1 aromatic carbocycles. The van der Waals surface area contributed by atoms with E-state index < -0.39 is 0 Å². The summed E-state index contributed by atoms with van der Waals surface area (Å²) >= 11 is 3.46. The van der Waals surface area contributed by atoms with E-state index in [0.717, 1.165) is 10.8 Å². The highest BCUT2D eigenvalue weighted by Gasteiger charge is 2.25. The average molecular weight is 269 g/mol. The van der Waals surface area contributed by atoms with Gasteiger partial charge in [0.25, 0.3) is 0 Å². The van der Waals surface area contributed by atoms with Crippen LogP contribution in [0.25, 0.3) is 0 Å². The van der Waals surface area contributed by atoms with E-state index in [2.05, 4.69) is 48.8 Å². The van der Waals surface area contributed by atoms with E-state index in [1.807, 2.05) is 12.1 Å². The third kappa shape index (κ3) is 3.45. The Morgan fingerprint density at radius 1 is 1.40 bits per heavy atom. The van der Waals surface area contributed by atoms with Crippen molar-refractivity contribution in [3.8, 4) is 0 Å². The molecule has 15 heavy (non-hydrogen) atoms. The van der Waals surface area contributed by atoms with Crippen LogP contribution < -0.4 is 0 Å². The number of carbonyl (C=O) groups is 1. The summed E-state index contributed by atoms with van der Waals surface area (Å²) in [6, 6.07) is 8.21. The van der Waals surface area contributed by atoms with E-state index in [1.54, 1.807) is 0 Å². The number of rotatable bonds is 3. The Morgan fingerprint density at radius 3 is 2.53 bits per heavy atom. The van der Waals surface area contributed by atoms with Gasteiger partial charge in [0.15, 0.2) is 0 Å². The molecule has 0 heterocycles. The Hall–Kier alpha value is -0.630. The lowest BCUT2D eigenvalue weighted by molar-refractivity contribution is -0.108. The van der Waals surface area contributed by atoms with Crippen LogP contribution in [0.3, 0.4) is 0 Å². The molecule has 0 aliphatic carbocycles. The summed E-state index contributed by atoms with van der Waals surface area (Å²) in [4.78, 5) is 10.7. The number of aldehydes is 1. The number of halogens is 1. The van der Waals surface area contributed by atoms with Crippen LogP contribution in [-0.4, -0.2) is 6.29 Å². The van der Waals surface area contributed by atoms with Gasteiger partial charge in [0, 0.05) is 10.9 Å². The van der Waals surface area contributed by atoms with Crippen molar-refractivity contribution >= 4 is 22.2 Å². The summed E-state index contributed by atoms with van der Waals surface area (Å²) in [5.74, 6) is 0.285. The molecule has 1 atom stereocenters. The van der Waals surface area contributed by atoms with E-state index in [1.165, 1.54) is 5.56 Å². The molecule has 0 radical (unpaired) electrons. The van der Waals surface area contributed by atoms with Crippen molar-refractivity contribution in [1.82, 2.24) is 0 Å². The van der Waals surface area contributed by atoms with E-state index in [-0.39, 0.29) is 11.3 Å². The fraction of sp³-hybridized carbons (Fsp3) is 0.462. The lowest BCUT2D eigenvalue weighted by atomic mass is 9.75. The Labute approximate surface area is 100 Å². The maximum Gasteiger partial charge on any atom is 0.120 e. The molecule has 1 nitrogen and oxygen atoms in total. The van der Waals surface area contributed by atoms with Gasteiger partial charge in [0.05, 0.1) is 0 Å². The standard InChI is InChI=1S/C13H17BrO/c1-13(2,3)12(7-8-15)10-5-4-6-11(14)9-10/h4-6,8-9,12H,7H2,1-3H3. The van der Waals surface area contributed by atoms with E-state index in [4.69, 9.17) is 0 Å². The monoisotopic (exact) mass is 268 g/mol. The number of benzene rings is 1. The zero-order valence-corrected chi connectivity index (χ0v) is 11.0. The first-order valence-electron chi connectivity index (χ1n) is 5.14. The maximum atomic E-state index is 10.7. The van der Waals surface area contributed by atoms with Crippen molar-refractivity contribution in [3.63, 3.8) is 0 Å². The fourth-order valence-electron chi connectivity index (χ4n) is 1.81. The second-order valence-corrected chi connectivity index (χ2v) is 5.79. The number of hydrogen-bond donors (Lipinski definition) is 0. The molecule has 0 spiro atoms. The molecule has 0 saturated heterocycles. The molecule has 0 amide bonds. The molecule has 0 saturated carbocycles. The zero-order chi connectivity index (χ0) is 11.5. The van der Waals surface area contributed by atoms with Crippen molar-refractivity contribution in [1.29, 1.82) is 0 Å². The third-order valence-corrected chi connectivity index (χ3v) is 3.12. The molecule has 0 N–H and O–H groups in total. The largest absolute Gasteiger partial charge is 0.303 e. The van der Waals surface area contributed by atoms with Gasteiger partial charge in [0.1, 0.15) is 6.29 Å². The van der Waals surface area contributed by atoms with Crippen molar-refractivity contribution in [3.05, 3.63) is 34.3 Å². The van der Waals surface area contributed by atoms with E-state index in [0.29, 0.717) is 6.42 Å². The van der Waals surface area contributed by atoms with E-state index in [9.17, 15) is 4.79 Å². The van der Waals surface area contributed by atoms with Crippen LogP contribution in [0, 0.1) is 5.41 Å². The van der Waals surface area contributed by atoms with Gasteiger partial charge in [0.2, 0.25) is 0 Å². The summed E-state index contributed by atoms with van der Waals surface area (Å²) in [5, 5.41) is 0. The predicted molar refractivity (Wildman–Crippen MR) is 67.0 cm³/mol. The lowest BCUT2D eigenvalue weighted by Crippen LogP contribution is -2.18. The second kappa shape index (κ2) is 4.93. The highest BCUT2D eigenvalue weighted by Crippen LogP contribution is 2.37. The van der Waals surface area contributed by atoms with Crippen molar-refractivity contribution in [2.24, 2.45) is 5.41 Å². The van der Waals surface area contributed by atoms with Gasteiger partial charge in [-0.05, 0) is 29.0 Å². The van der Waals surface area contributed by atoms with Gasteiger partial charge in [-0.15, -0.1) is 0 Å². The summed E-state index contributed by atoms with van der Waals surface area (Å²) in [6.07, 6.45) is 1.59. The second-order valence-electron chi connectivity index (χ2n) is 4.88. The smallest absolute Gasteiger partial charge is 0.120 e. The average Bonchev–Trinajstić information content (AvgIpc) is 2.12. The van der Waals surface area contributed by atoms with Crippen LogP contribution in [0.15, 0.2) is 28.7 Å². The molecule has 0 aliphatic heterocycles. The van der Waals surface area contributed by atoms with Gasteiger partial charge in [-0.25, -0.2) is 0 Å². The zero-order valence-electron chi connectivity index (χ0n) is 9.46. The Morgan fingerprint density at radius 2 is 2.07 bits per heavy atom. The van der Waals surface area contributed by atoms with Crippen LogP contribution in [0.5, 0.6) is 0 Å². The van der Waals surface area contributed by atoms with Gasteiger partial charge in [-0.3, -0.25) is 0 Å². The van der Waals surface area contributed by atoms with Crippen molar-refractivity contribution in [2.45, 2.75) is 33.1 Å². The Kier molecular flexibility index (Phi) is 4.09. The number of carbonyl (C=O) groups excluding carboxylic acids is 1. The predicted octanol–water partition coefficient (Wildman–Crippen LogP) is 4.17. The van der Waals surface area contributed by atoms with E-state index >= 15 is 0 Å². The first kappa shape index (κ1) is 12.4. The van der Waals surface area contributed by atoms with Gasteiger partial charge < -0.3 is 4.79 Å². The minimum atomic E-state index is 0.113. The molecule has 0 bridgehead atoms. The fourth-order valence-corrected chi connectivity index (χ4v) is 2.23. The molecule has 0 fully saturated rings. The van der Waals surface area contributed by atoms with Crippen LogP contribution >= 0.6 is 15.9 Å². The normalized spacial score (nSPS) is 13.6. The molecular formula is C13H17BrO. The summed E-state index contributed by atoms with van der Waals surface area (Å²) in [5.41, 5.74) is 1.34. The first-order chi connectivity index (χ1) is 6.95. The van der Waals surface area contributed by atoms with Crippen LogP contribution in [-0.2, 0) is 4.79 Å². The molecule has 1 rings (SSSR count). The van der Waals surface area contributed by atoms with Crippen molar-refractivity contribution in [2.75, 3.05) is 0 Å². The quantitative estimate of drug-likeness (QED) is 0.753. The van der Waals surface area contributed by atoms with Crippen LogP contribution in [0.4, 0.5) is 0 Å². The summed E-state index contributed by atoms with van der Waals surface area (Å²) in [7, 11) is 0. The Balaban J connectivity index is 3.04. The van der Waals surface area contributed by atoms with Crippen molar-refractivity contribution < 1.29 is 4.79 Å². The maximum absolute atomic E-state index is 10.7. The summed E-state index contributed by atoms with van der Waals surface area (Å²) in [6.45, 7) is 6.51. The molecule has 82 valence electrons. The highest BCUT2D eigenvalue weighted by molar-refractivity contribution is 9.10. The molecule has 2 heteroatoms. The minimum absolute atomic E-state index is 0.113. The SMILES string of the molecule is CC(C)(C)C(CC=O)c1cccc(Br)c1. The van der Waals surface area contributed by atoms with Gasteiger partial charge in [-0.2, -0.15) is 0 Å². The topological polar surface area (TPSA) is 17.1 Å². The Bertz CT molecular complexity index is 339. The lowest BCUT2D eigenvalue weighted by Gasteiger charge is -2.29. The summed E-state index contributed by atoms with van der Waals surface area (Å²) < 4.78 is 1.07. The third-order valence-electron chi connectivity index (χ3n) is 2.63. The molecule has 1 aromatic rings. The minimum Gasteiger partial charge on any atom is -0.303 e. The molecule has 0 aromatic heterocycles. The van der Waals surface area contributed by atoms with Crippen LogP contribution in [0.1, 0.15) is 38.7 Å². The van der Waals surface area contributed by atoms with Gasteiger partial charge >= 0.3 is 0 Å².